The number of fused-ring (bicyclic) bond motifs is 9. The normalized spacial score (nSPS) is 11.7. The van der Waals surface area contributed by atoms with Crippen molar-refractivity contribution in [2.24, 2.45) is 0 Å². The van der Waals surface area contributed by atoms with Gasteiger partial charge >= 0.3 is 0 Å². The van der Waals surface area contributed by atoms with Crippen molar-refractivity contribution in [1.82, 2.24) is 14.5 Å². The molecule has 43 heavy (non-hydrogen) atoms. The van der Waals surface area contributed by atoms with E-state index in [1.54, 1.807) is 12.4 Å². The molecular weight excluding hydrogens is 522 g/mol. The van der Waals surface area contributed by atoms with E-state index in [4.69, 9.17) is 4.98 Å². The summed E-state index contributed by atoms with van der Waals surface area (Å²) >= 11 is 0. The molecule has 2 heterocycles. The van der Waals surface area contributed by atoms with Crippen molar-refractivity contribution in [3.05, 3.63) is 152 Å². The van der Waals surface area contributed by atoms with Gasteiger partial charge in [0.15, 0.2) is 0 Å². The largest absolute Gasteiger partial charge is 0.309 e. The lowest BCUT2D eigenvalue weighted by molar-refractivity contribution is 1.18. The zero-order valence-corrected chi connectivity index (χ0v) is 23.3. The van der Waals surface area contributed by atoms with Crippen LogP contribution in [-0.2, 0) is 0 Å². The van der Waals surface area contributed by atoms with E-state index >= 15 is 0 Å². The van der Waals surface area contributed by atoms with Crippen LogP contribution >= 0.6 is 0 Å². The molecule has 0 radical (unpaired) electrons. The molecule has 0 aliphatic carbocycles. The fourth-order valence-corrected chi connectivity index (χ4v) is 6.75. The van der Waals surface area contributed by atoms with E-state index < -0.39 is 0 Å². The van der Waals surface area contributed by atoms with E-state index in [9.17, 15) is 0 Å². The van der Waals surface area contributed by atoms with Gasteiger partial charge in [-0.25, -0.2) is 0 Å². The van der Waals surface area contributed by atoms with Gasteiger partial charge in [0.25, 0.3) is 0 Å². The molecule has 0 unspecified atom stereocenters. The summed E-state index contributed by atoms with van der Waals surface area (Å²) in [5.74, 6) is 0. The molecule has 0 amide bonds. The fraction of sp³-hybridized carbons (Fsp3) is 0. The van der Waals surface area contributed by atoms with Gasteiger partial charge in [-0.3, -0.25) is 9.97 Å². The highest BCUT2D eigenvalue weighted by Gasteiger charge is 2.15. The van der Waals surface area contributed by atoms with Crippen molar-refractivity contribution in [1.29, 1.82) is 0 Å². The summed E-state index contributed by atoms with van der Waals surface area (Å²) in [5.41, 5.74) is 10.3. The number of para-hydroxylation sites is 3. The molecule has 9 aromatic rings. The number of hydrogen-bond donors (Lipinski definition) is 0. The number of hydrogen-bond acceptors (Lipinski definition) is 2. The van der Waals surface area contributed by atoms with Gasteiger partial charge in [-0.1, -0.05) is 115 Å². The molecule has 0 fully saturated rings. The maximum atomic E-state index is 4.71. The quantitative estimate of drug-likeness (QED) is 0.206. The smallest absolute Gasteiger partial charge is 0.0971 e. The van der Waals surface area contributed by atoms with Gasteiger partial charge in [0.05, 0.1) is 27.8 Å². The van der Waals surface area contributed by atoms with Crippen LogP contribution in [0.2, 0.25) is 0 Å². The van der Waals surface area contributed by atoms with Crippen LogP contribution in [0.25, 0.3) is 82.3 Å². The molecule has 0 aliphatic rings. The molecular formula is C40H25N3. The molecule has 0 saturated carbocycles. The summed E-state index contributed by atoms with van der Waals surface area (Å²) in [4.78, 5) is 9.38. The first-order valence-corrected chi connectivity index (χ1v) is 14.6. The lowest BCUT2D eigenvalue weighted by Crippen LogP contribution is -1.97. The summed E-state index contributed by atoms with van der Waals surface area (Å²) < 4.78 is 2.40. The average molecular weight is 548 g/mol. The first-order valence-electron chi connectivity index (χ1n) is 14.6. The Morgan fingerprint density at radius 2 is 0.884 bits per heavy atom. The second-order valence-corrected chi connectivity index (χ2v) is 11.0. The molecule has 7 aromatic carbocycles. The highest BCUT2D eigenvalue weighted by molar-refractivity contribution is 6.23. The van der Waals surface area contributed by atoms with Crippen molar-refractivity contribution < 1.29 is 0 Å². The second kappa shape index (κ2) is 9.37. The molecule has 3 nitrogen and oxygen atoms in total. The Bertz CT molecular complexity index is 2420. The van der Waals surface area contributed by atoms with Crippen LogP contribution in [0.15, 0.2) is 152 Å². The minimum absolute atomic E-state index is 0.944. The Morgan fingerprint density at radius 3 is 1.58 bits per heavy atom. The Hall–Kier alpha value is -5.80. The summed E-state index contributed by atoms with van der Waals surface area (Å²) in [5, 5.41) is 7.19. The van der Waals surface area contributed by atoms with Crippen molar-refractivity contribution in [2.45, 2.75) is 0 Å². The fourth-order valence-electron chi connectivity index (χ4n) is 6.75. The second-order valence-electron chi connectivity index (χ2n) is 11.0. The number of aromatic nitrogens is 3. The Morgan fingerprint density at radius 1 is 0.372 bits per heavy atom. The summed E-state index contributed by atoms with van der Waals surface area (Å²) in [6.07, 6.45) is 3.55. The third-order valence-corrected chi connectivity index (χ3v) is 8.70. The van der Waals surface area contributed by atoms with E-state index in [1.165, 1.54) is 60.5 Å². The minimum Gasteiger partial charge on any atom is -0.309 e. The summed E-state index contributed by atoms with van der Waals surface area (Å²) in [6, 6.07) is 50.2. The van der Waals surface area contributed by atoms with E-state index in [0.29, 0.717) is 0 Å². The van der Waals surface area contributed by atoms with Crippen LogP contribution in [0.4, 0.5) is 0 Å². The third-order valence-electron chi connectivity index (χ3n) is 8.70. The number of rotatable bonds is 3. The molecule has 0 aliphatic heterocycles. The number of benzene rings is 7. The van der Waals surface area contributed by atoms with Gasteiger partial charge in [-0.05, 0) is 51.7 Å². The molecule has 0 spiro atoms. The van der Waals surface area contributed by atoms with Crippen molar-refractivity contribution in [2.75, 3.05) is 0 Å². The topological polar surface area (TPSA) is 30.7 Å². The van der Waals surface area contributed by atoms with Gasteiger partial charge in [-0.2, -0.15) is 0 Å². The number of nitrogens with zero attached hydrogens (tertiary/aromatic N) is 3. The molecule has 200 valence electrons. The van der Waals surface area contributed by atoms with Crippen LogP contribution in [0, 0.1) is 0 Å². The molecule has 0 saturated heterocycles. The van der Waals surface area contributed by atoms with Crippen molar-refractivity contribution in [3.8, 4) is 27.9 Å². The summed E-state index contributed by atoms with van der Waals surface area (Å²) in [6.45, 7) is 0. The first-order chi connectivity index (χ1) is 21.3. The molecule has 0 atom stereocenters. The van der Waals surface area contributed by atoms with Gasteiger partial charge in [0.2, 0.25) is 0 Å². The van der Waals surface area contributed by atoms with Gasteiger partial charge < -0.3 is 4.57 Å². The highest BCUT2D eigenvalue weighted by atomic mass is 15.0. The van der Waals surface area contributed by atoms with Crippen LogP contribution in [-0.4, -0.2) is 14.5 Å². The molecule has 0 N–H and O–H groups in total. The molecule has 0 bridgehead atoms. The lowest BCUT2D eigenvalue weighted by Gasteiger charge is -2.15. The Labute approximate surface area is 248 Å². The van der Waals surface area contributed by atoms with Crippen LogP contribution in [0.1, 0.15) is 0 Å². The van der Waals surface area contributed by atoms with E-state index in [0.717, 1.165) is 21.8 Å². The SMILES string of the molecule is c1ccc(-n2c3ccccc3c3ccccc32)c(-c2ccc(-c3ccc4c(c3)c3ccccc3c3nccnc43)cc2)c1. The molecule has 2 aromatic heterocycles. The Kier molecular flexibility index (Phi) is 5.20. The molecule has 3 heteroatoms. The average Bonchev–Trinajstić information content (AvgIpc) is 3.42. The van der Waals surface area contributed by atoms with E-state index in [-0.39, 0.29) is 0 Å². The zero-order chi connectivity index (χ0) is 28.3. The van der Waals surface area contributed by atoms with Crippen molar-refractivity contribution in [3.63, 3.8) is 0 Å². The first kappa shape index (κ1) is 23.9. The predicted octanol–water partition coefficient (Wildman–Crippen LogP) is 10.4. The standard InChI is InChI=1S/C40H25N3/c1-2-13-33-30(10-1)35-25-28(21-22-34(35)40-39(33)41-23-24-42-40)26-17-19-27(20-18-26)29-9-3-6-14-36(29)43-37-15-7-4-11-31(37)32-12-5-8-16-38(32)43/h1-25H. The van der Waals surface area contributed by atoms with Crippen LogP contribution < -0.4 is 0 Å². The molecule has 9 rings (SSSR count). The van der Waals surface area contributed by atoms with Gasteiger partial charge in [0, 0.05) is 39.5 Å². The summed E-state index contributed by atoms with van der Waals surface area (Å²) in [7, 11) is 0. The maximum absolute atomic E-state index is 4.71. The van der Waals surface area contributed by atoms with Gasteiger partial charge in [-0.15, -0.1) is 0 Å². The van der Waals surface area contributed by atoms with Crippen molar-refractivity contribution >= 4 is 54.4 Å². The maximum Gasteiger partial charge on any atom is 0.0971 e. The van der Waals surface area contributed by atoms with Crippen LogP contribution in [0.5, 0.6) is 0 Å². The van der Waals surface area contributed by atoms with Crippen LogP contribution in [0.3, 0.4) is 0 Å². The van der Waals surface area contributed by atoms with Gasteiger partial charge in [0.1, 0.15) is 0 Å². The zero-order valence-electron chi connectivity index (χ0n) is 23.3. The van der Waals surface area contributed by atoms with E-state index in [1.807, 2.05) is 0 Å². The predicted molar refractivity (Wildman–Crippen MR) is 180 cm³/mol. The minimum atomic E-state index is 0.944. The third kappa shape index (κ3) is 3.62. The highest BCUT2D eigenvalue weighted by Crippen LogP contribution is 2.38. The lowest BCUT2D eigenvalue weighted by atomic mass is 9.94. The monoisotopic (exact) mass is 547 g/mol. The Balaban J connectivity index is 1.18. The van der Waals surface area contributed by atoms with E-state index in [2.05, 4.69) is 149 Å².